The number of benzene rings is 4. The Balaban J connectivity index is 1.65. The van der Waals surface area contributed by atoms with Crippen molar-refractivity contribution >= 4 is 27.8 Å². The van der Waals surface area contributed by atoms with Crippen LogP contribution in [-0.2, 0) is 6.54 Å². The minimum Gasteiger partial charge on any atom is -0.410 e. The molecule has 0 atom stereocenters. The molecule has 0 aliphatic carbocycles. The van der Waals surface area contributed by atoms with Crippen molar-refractivity contribution in [2.45, 2.75) is 27.3 Å². The molecule has 4 nitrogen and oxygen atoms in total. The van der Waals surface area contributed by atoms with Crippen LogP contribution in [0.3, 0.4) is 0 Å². The number of ether oxygens (including phenoxy) is 1. The molecule has 1 aromatic heterocycles. The van der Waals surface area contributed by atoms with E-state index in [4.69, 9.17) is 4.74 Å². The Labute approximate surface area is 214 Å². The van der Waals surface area contributed by atoms with E-state index in [1.54, 1.807) is 11.0 Å². The zero-order valence-corrected chi connectivity index (χ0v) is 21.1. The summed E-state index contributed by atoms with van der Waals surface area (Å²) in [5, 5.41) is 3.15. The van der Waals surface area contributed by atoms with E-state index < -0.39 is 17.7 Å². The van der Waals surface area contributed by atoms with Gasteiger partial charge in [-0.3, -0.25) is 0 Å². The SMILES string of the molecule is CCN(CC)C(=O)Oc1ccc2c(ccn2Cc2c(C)ccc3ccccc23)c1-c1ccc(F)c(F)c1. The van der Waals surface area contributed by atoms with E-state index in [0.29, 0.717) is 36.5 Å². The van der Waals surface area contributed by atoms with E-state index in [-0.39, 0.29) is 0 Å². The molecule has 0 radical (unpaired) electrons. The highest BCUT2D eigenvalue weighted by molar-refractivity contribution is 6.00. The van der Waals surface area contributed by atoms with E-state index in [2.05, 4.69) is 35.8 Å². The molecular weight excluding hydrogens is 470 g/mol. The first-order chi connectivity index (χ1) is 17.9. The molecule has 0 spiro atoms. The number of hydrogen-bond donors (Lipinski definition) is 0. The number of hydrogen-bond acceptors (Lipinski definition) is 2. The van der Waals surface area contributed by atoms with Crippen molar-refractivity contribution in [3.8, 4) is 16.9 Å². The van der Waals surface area contributed by atoms with Gasteiger partial charge in [0.05, 0.1) is 0 Å². The maximum absolute atomic E-state index is 14.3. The molecule has 188 valence electrons. The van der Waals surface area contributed by atoms with Crippen LogP contribution in [0.4, 0.5) is 13.6 Å². The first-order valence-electron chi connectivity index (χ1n) is 12.4. The van der Waals surface area contributed by atoms with Crippen LogP contribution >= 0.6 is 0 Å². The molecule has 0 N–H and O–H groups in total. The molecule has 0 aliphatic rings. The van der Waals surface area contributed by atoms with Crippen LogP contribution in [0.2, 0.25) is 0 Å². The van der Waals surface area contributed by atoms with Gasteiger partial charge in [-0.05, 0) is 78.6 Å². The predicted octanol–water partition coefficient (Wildman–Crippen LogP) is 7.94. The van der Waals surface area contributed by atoms with Crippen molar-refractivity contribution in [2.75, 3.05) is 13.1 Å². The average molecular weight is 499 g/mol. The molecule has 0 saturated heterocycles. The number of carbonyl (C=O) groups excluding carboxylic acids is 1. The third-order valence-corrected chi connectivity index (χ3v) is 6.95. The van der Waals surface area contributed by atoms with Crippen molar-refractivity contribution in [2.24, 2.45) is 0 Å². The molecule has 0 unspecified atom stereocenters. The third kappa shape index (κ3) is 4.55. The highest BCUT2D eigenvalue weighted by Crippen LogP contribution is 2.39. The second kappa shape index (κ2) is 10.1. The Morgan fingerprint density at radius 2 is 1.68 bits per heavy atom. The minimum absolute atomic E-state index is 0.300. The number of aryl methyl sites for hydroxylation is 1. The Kier molecular flexibility index (Phi) is 6.66. The highest BCUT2D eigenvalue weighted by atomic mass is 19.2. The largest absolute Gasteiger partial charge is 0.415 e. The summed E-state index contributed by atoms with van der Waals surface area (Å²) in [6.45, 7) is 7.48. The van der Waals surface area contributed by atoms with Crippen LogP contribution in [0.15, 0.2) is 79.0 Å². The fourth-order valence-electron chi connectivity index (χ4n) is 4.89. The molecule has 5 aromatic rings. The summed E-state index contributed by atoms with van der Waals surface area (Å²) < 4.78 is 36.0. The zero-order valence-electron chi connectivity index (χ0n) is 21.1. The van der Waals surface area contributed by atoms with Gasteiger partial charge in [-0.15, -0.1) is 0 Å². The number of aromatic nitrogens is 1. The van der Waals surface area contributed by atoms with Crippen LogP contribution in [0, 0.1) is 18.6 Å². The number of fused-ring (bicyclic) bond motifs is 2. The Morgan fingerprint density at radius 3 is 2.43 bits per heavy atom. The van der Waals surface area contributed by atoms with Crippen LogP contribution in [0.5, 0.6) is 5.75 Å². The van der Waals surface area contributed by atoms with Crippen LogP contribution in [-0.4, -0.2) is 28.6 Å². The summed E-state index contributed by atoms with van der Waals surface area (Å²) in [7, 11) is 0. The normalized spacial score (nSPS) is 11.3. The molecule has 0 aliphatic heterocycles. The van der Waals surface area contributed by atoms with Crippen molar-refractivity contribution < 1.29 is 18.3 Å². The molecule has 0 saturated carbocycles. The van der Waals surface area contributed by atoms with Crippen LogP contribution < -0.4 is 4.74 Å². The van der Waals surface area contributed by atoms with Crippen molar-refractivity contribution in [3.05, 3.63) is 102 Å². The Hall–Kier alpha value is -4.19. The standard InChI is InChI=1S/C31H28F2N2O2/c1-4-34(5-2)31(36)37-29-15-14-28-24(30(29)22-12-13-26(32)27(33)18-22)16-17-35(28)19-25-20(3)10-11-21-8-6-7-9-23(21)25/h6-18H,4-5,19H2,1-3H3. The Morgan fingerprint density at radius 1 is 0.892 bits per heavy atom. The lowest BCUT2D eigenvalue weighted by molar-refractivity contribution is 0.157. The maximum atomic E-state index is 14.3. The van der Waals surface area contributed by atoms with Gasteiger partial charge in [0.1, 0.15) is 5.75 Å². The summed E-state index contributed by atoms with van der Waals surface area (Å²) in [6.07, 6.45) is 1.49. The van der Waals surface area contributed by atoms with Crippen molar-refractivity contribution in [1.82, 2.24) is 9.47 Å². The number of halogens is 2. The van der Waals surface area contributed by atoms with Crippen LogP contribution in [0.1, 0.15) is 25.0 Å². The number of rotatable bonds is 6. The summed E-state index contributed by atoms with van der Waals surface area (Å²) in [6, 6.07) is 21.9. The lowest BCUT2D eigenvalue weighted by Crippen LogP contribution is -2.33. The van der Waals surface area contributed by atoms with E-state index >= 15 is 0 Å². The number of amides is 1. The highest BCUT2D eigenvalue weighted by Gasteiger charge is 2.20. The second-order valence-corrected chi connectivity index (χ2v) is 9.07. The summed E-state index contributed by atoms with van der Waals surface area (Å²) in [5.41, 5.74) is 4.28. The van der Waals surface area contributed by atoms with E-state index in [0.717, 1.165) is 23.0 Å². The van der Waals surface area contributed by atoms with Gasteiger partial charge in [0.25, 0.3) is 0 Å². The van der Waals surface area contributed by atoms with Gasteiger partial charge in [-0.1, -0.05) is 42.5 Å². The molecule has 0 bridgehead atoms. The monoisotopic (exact) mass is 498 g/mol. The fourth-order valence-corrected chi connectivity index (χ4v) is 4.89. The fraction of sp³-hybridized carbons (Fsp3) is 0.194. The van der Waals surface area contributed by atoms with Gasteiger partial charge in [0, 0.05) is 42.3 Å². The quantitative estimate of drug-likeness (QED) is 0.238. The first-order valence-corrected chi connectivity index (χ1v) is 12.4. The van der Waals surface area contributed by atoms with Gasteiger partial charge in [0.2, 0.25) is 0 Å². The molecule has 5 rings (SSSR count). The minimum atomic E-state index is -0.957. The summed E-state index contributed by atoms with van der Waals surface area (Å²) >= 11 is 0. The first kappa shape index (κ1) is 24.5. The van der Waals surface area contributed by atoms with Gasteiger partial charge < -0.3 is 14.2 Å². The lowest BCUT2D eigenvalue weighted by Gasteiger charge is -2.20. The molecular formula is C31H28F2N2O2. The van der Waals surface area contributed by atoms with E-state index in [9.17, 15) is 13.6 Å². The lowest BCUT2D eigenvalue weighted by atomic mass is 9.99. The van der Waals surface area contributed by atoms with Gasteiger partial charge in [0.15, 0.2) is 11.6 Å². The zero-order chi connectivity index (χ0) is 26.1. The number of nitrogens with zero attached hydrogens (tertiary/aromatic N) is 2. The average Bonchev–Trinajstić information content (AvgIpc) is 3.30. The molecule has 1 heterocycles. The maximum Gasteiger partial charge on any atom is 0.415 e. The van der Waals surface area contributed by atoms with Gasteiger partial charge in [-0.2, -0.15) is 0 Å². The van der Waals surface area contributed by atoms with Crippen LogP contribution in [0.25, 0.3) is 32.8 Å². The second-order valence-electron chi connectivity index (χ2n) is 9.07. The molecule has 37 heavy (non-hydrogen) atoms. The molecule has 1 amide bonds. The van der Waals surface area contributed by atoms with E-state index in [1.807, 2.05) is 44.3 Å². The summed E-state index contributed by atoms with van der Waals surface area (Å²) in [4.78, 5) is 14.4. The smallest absolute Gasteiger partial charge is 0.410 e. The third-order valence-electron chi connectivity index (χ3n) is 6.95. The van der Waals surface area contributed by atoms with Gasteiger partial charge in [-0.25, -0.2) is 13.6 Å². The van der Waals surface area contributed by atoms with Crippen molar-refractivity contribution in [3.63, 3.8) is 0 Å². The molecule has 0 fully saturated rings. The topological polar surface area (TPSA) is 34.5 Å². The summed E-state index contributed by atoms with van der Waals surface area (Å²) in [5.74, 6) is -1.59. The van der Waals surface area contributed by atoms with Gasteiger partial charge >= 0.3 is 6.09 Å². The molecule has 4 aromatic carbocycles. The predicted molar refractivity (Wildman–Crippen MR) is 144 cm³/mol. The Bertz CT molecular complexity index is 1620. The van der Waals surface area contributed by atoms with Crippen molar-refractivity contribution in [1.29, 1.82) is 0 Å². The van der Waals surface area contributed by atoms with E-state index in [1.165, 1.54) is 28.0 Å². The number of carbonyl (C=O) groups is 1. The molecule has 6 heteroatoms.